The topological polar surface area (TPSA) is 65.0 Å². The highest BCUT2D eigenvalue weighted by Crippen LogP contribution is 2.46. The highest BCUT2D eigenvalue weighted by Gasteiger charge is 2.47. The summed E-state index contributed by atoms with van der Waals surface area (Å²) in [6.45, 7) is 4.17. The maximum atomic E-state index is 10.6. The molecule has 2 heterocycles. The van der Waals surface area contributed by atoms with Crippen LogP contribution in [0.15, 0.2) is 36.4 Å². The van der Waals surface area contributed by atoms with E-state index in [0.29, 0.717) is 43.7 Å². The molecule has 2 fully saturated rings. The van der Waals surface area contributed by atoms with Gasteiger partial charge < -0.3 is 19.3 Å². The van der Waals surface area contributed by atoms with Crippen LogP contribution < -0.4 is 4.74 Å². The Morgan fingerprint density at radius 1 is 1.13 bits per heavy atom. The summed E-state index contributed by atoms with van der Waals surface area (Å²) in [5.74, 6) is 1.43. The van der Waals surface area contributed by atoms with Crippen molar-refractivity contribution in [2.75, 3.05) is 19.8 Å². The zero-order valence-corrected chi connectivity index (χ0v) is 18.8. The molecule has 3 rings (SSSR count). The van der Waals surface area contributed by atoms with Gasteiger partial charge in [0.05, 0.1) is 25.4 Å². The molecule has 2 bridgehead atoms. The molecule has 0 aliphatic carbocycles. The van der Waals surface area contributed by atoms with Gasteiger partial charge in [0, 0.05) is 13.0 Å². The number of allylic oxidation sites excluding steroid dienone is 1. The van der Waals surface area contributed by atoms with Crippen LogP contribution in [0.25, 0.3) is 0 Å². The zero-order chi connectivity index (χ0) is 21.9. The van der Waals surface area contributed by atoms with Gasteiger partial charge >= 0.3 is 5.97 Å². The first kappa shape index (κ1) is 23.8. The third-order valence-electron chi connectivity index (χ3n) is 6.60. The normalized spacial score (nSPS) is 24.8. The second-order valence-electron chi connectivity index (χ2n) is 8.79. The summed E-state index contributed by atoms with van der Waals surface area (Å²) in [6.07, 6.45) is 13.4. The molecule has 5 nitrogen and oxygen atoms in total. The van der Waals surface area contributed by atoms with Gasteiger partial charge in [-0.05, 0) is 87.8 Å². The number of carboxylic acids is 1. The fraction of sp³-hybridized carbons (Fsp3) is 0.654. The molecular weight excluding hydrogens is 392 g/mol. The molecule has 0 saturated carbocycles. The molecule has 2 aliphatic heterocycles. The van der Waals surface area contributed by atoms with E-state index in [0.717, 1.165) is 44.5 Å². The fourth-order valence-corrected chi connectivity index (χ4v) is 5.01. The summed E-state index contributed by atoms with van der Waals surface area (Å²) < 4.78 is 17.9. The lowest BCUT2D eigenvalue weighted by Gasteiger charge is -2.28. The van der Waals surface area contributed by atoms with Crippen molar-refractivity contribution in [1.82, 2.24) is 0 Å². The molecule has 0 spiro atoms. The molecule has 4 atom stereocenters. The van der Waals surface area contributed by atoms with E-state index in [4.69, 9.17) is 19.3 Å². The Kier molecular flexibility index (Phi) is 9.88. The van der Waals surface area contributed by atoms with Crippen LogP contribution in [0.5, 0.6) is 5.75 Å². The summed E-state index contributed by atoms with van der Waals surface area (Å²) >= 11 is 0. The molecule has 1 aromatic rings. The van der Waals surface area contributed by atoms with Crippen molar-refractivity contribution in [3.63, 3.8) is 0 Å². The highest BCUT2D eigenvalue weighted by molar-refractivity contribution is 5.66. The van der Waals surface area contributed by atoms with E-state index in [1.54, 1.807) is 0 Å². The number of carbonyl (C=O) groups is 1. The van der Waals surface area contributed by atoms with E-state index in [1.165, 1.54) is 18.4 Å². The minimum absolute atomic E-state index is 0.241. The number of ether oxygens (including phenoxy) is 3. The number of fused-ring (bicyclic) bond motifs is 2. The van der Waals surface area contributed by atoms with E-state index < -0.39 is 5.97 Å². The molecular formula is C26H38O5. The van der Waals surface area contributed by atoms with E-state index in [1.807, 2.05) is 19.1 Å². The minimum Gasteiger partial charge on any atom is -0.494 e. The number of rotatable bonds is 15. The number of aryl methyl sites for hydroxylation is 1. The third-order valence-corrected chi connectivity index (χ3v) is 6.60. The molecule has 1 N–H and O–H groups in total. The van der Waals surface area contributed by atoms with Crippen molar-refractivity contribution >= 4 is 5.97 Å². The number of hydrogen-bond acceptors (Lipinski definition) is 4. The van der Waals surface area contributed by atoms with Gasteiger partial charge in [0.25, 0.3) is 0 Å². The lowest BCUT2D eigenvalue weighted by Crippen LogP contribution is -2.28. The largest absolute Gasteiger partial charge is 0.494 e. The molecule has 0 unspecified atom stereocenters. The van der Waals surface area contributed by atoms with Gasteiger partial charge in [-0.1, -0.05) is 24.3 Å². The number of unbranched alkanes of at least 4 members (excludes halogenated alkanes) is 2. The Labute approximate surface area is 186 Å². The number of carboxylic acid groups (broad SMARTS) is 1. The molecule has 0 aromatic heterocycles. The molecule has 2 aliphatic rings. The summed E-state index contributed by atoms with van der Waals surface area (Å²) in [7, 11) is 0. The van der Waals surface area contributed by atoms with Crippen molar-refractivity contribution in [2.45, 2.75) is 76.9 Å². The smallest absolute Gasteiger partial charge is 0.303 e. The van der Waals surface area contributed by atoms with Crippen molar-refractivity contribution < 1.29 is 24.1 Å². The zero-order valence-electron chi connectivity index (χ0n) is 18.8. The van der Waals surface area contributed by atoms with Crippen LogP contribution in [0.1, 0.15) is 63.9 Å². The van der Waals surface area contributed by atoms with Crippen molar-refractivity contribution in [1.29, 1.82) is 0 Å². The Morgan fingerprint density at radius 2 is 1.94 bits per heavy atom. The van der Waals surface area contributed by atoms with Crippen molar-refractivity contribution in [2.24, 2.45) is 11.8 Å². The molecule has 172 valence electrons. The standard InChI is InChI=1S/C26H38O5/c1-2-3-16-29-18-15-23-22(24-13-14-25(23)31-24)12-11-20-8-7-9-21(19-20)30-17-6-4-5-10-26(27)28/h2-3,7-9,19,22-25H,4-6,10-18H2,1H3,(H,27,28)/t22-,23+,24-,25+/m0/s1. The molecule has 31 heavy (non-hydrogen) atoms. The van der Waals surface area contributed by atoms with Gasteiger partial charge in [0.1, 0.15) is 5.75 Å². The molecule has 1 aromatic carbocycles. The van der Waals surface area contributed by atoms with Crippen molar-refractivity contribution in [3.8, 4) is 5.75 Å². The fourth-order valence-electron chi connectivity index (χ4n) is 5.01. The van der Waals surface area contributed by atoms with Crippen LogP contribution in [0.2, 0.25) is 0 Å². The van der Waals surface area contributed by atoms with Crippen LogP contribution in [0, 0.1) is 11.8 Å². The van der Waals surface area contributed by atoms with E-state index in [-0.39, 0.29) is 6.42 Å². The molecule has 0 amide bonds. The van der Waals surface area contributed by atoms with Gasteiger partial charge in [-0.3, -0.25) is 4.79 Å². The number of hydrogen-bond donors (Lipinski definition) is 1. The number of benzene rings is 1. The maximum Gasteiger partial charge on any atom is 0.303 e. The Balaban J connectivity index is 1.41. The van der Waals surface area contributed by atoms with Crippen LogP contribution in [-0.2, 0) is 20.7 Å². The lowest BCUT2D eigenvalue weighted by molar-refractivity contribution is -0.137. The first-order valence-electron chi connectivity index (χ1n) is 11.9. The maximum absolute atomic E-state index is 10.6. The first-order valence-corrected chi connectivity index (χ1v) is 11.9. The van der Waals surface area contributed by atoms with E-state index >= 15 is 0 Å². The van der Waals surface area contributed by atoms with E-state index in [9.17, 15) is 4.79 Å². The minimum atomic E-state index is -0.724. The monoisotopic (exact) mass is 430 g/mol. The Bertz CT molecular complexity index is 701. The van der Waals surface area contributed by atoms with Crippen LogP contribution in [-0.4, -0.2) is 43.1 Å². The van der Waals surface area contributed by atoms with Gasteiger partial charge in [0.15, 0.2) is 0 Å². The predicted octanol–water partition coefficient (Wildman–Crippen LogP) is 5.42. The second kappa shape index (κ2) is 12.9. The Morgan fingerprint density at radius 3 is 2.71 bits per heavy atom. The average molecular weight is 431 g/mol. The van der Waals surface area contributed by atoms with E-state index in [2.05, 4.69) is 24.3 Å². The summed E-state index contributed by atoms with van der Waals surface area (Å²) in [6, 6.07) is 8.41. The highest BCUT2D eigenvalue weighted by atomic mass is 16.5. The average Bonchev–Trinajstić information content (AvgIpc) is 3.36. The molecule has 2 saturated heterocycles. The lowest BCUT2D eigenvalue weighted by atomic mass is 9.75. The molecule has 0 radical (unpaired) electrons. The second-order valence-corrected chi connectivity index (χ2v) is 8.79. The van der Waals surface area contributed by atoms with Gasteiger partial charge in [-0.2, -0.15) is 0 Å². The first-order chi connectivity index (χ1) is 15.2. The third kappa shape index (κ3) is 7.65. The van der Waals surface area contributed by atoms with Crippen LogP contribution in [0.3, 0.4) is 0 Å². The van der Waals surface area contributed by atoms with Gasteiger partial charge in [-0.15, -0.1) is 0 Å². The predicted molar refractivity (Wildman–Crippen MR) is 121 cm³/mol. The quantitative estimate of drug-likeness (QED) is 0.297. The number of aliphatic carboxylic acids is 1. The molecule has 5 heteroatoms. The van der Waals surface area contributed by atoms with Gasteiger partial charge in [0.2, 0.25) is 0 Å². The van der Waals surface area contributed by atoms with Crippen LogP contribution in [0.4, 0.5) is 0 Å². The van der Waals surface area contributed by atoms with Crippen molar-refractivity contribution in [3.05, 3.63) is 42.0 Å². The summed E-state index contributed by atoms with van der Waals surface area (Å²) in [4.78, 5) is 10.6. The summed E-state index contributed by atoms with van der Waals surface area (Å²) in [5, 5.41) is 8.68. The van der Waals surface area contributed by atoms with Crippen LogP contribution >= 0.6 is 0 Å². The Hall–Kier alpha value is -1.85. The van der Waals surface area contributed by atoms with Gasteiger partial charge in [-0.25, -0.2) is 0 Å². The SMILES string of the molecule is CC=CCOCC[C@@H]1[C@H](CCc2cccc(OCCCCCC(=O)O)c2)[C@@H]2CC[C@H]1O2. The summed E-state index contributed by atoms with van der Waals surface area (Å²) in [5.41, 5.74) is 1.31.